The van der Waals surface area contributed by atoms with E-state index in [1.54, 1.807) is 12.1 Å². The Balaban J connectivity index is 1.74. The molecule has 0 aliphatic carbocycles. The summed E-state index contributed by atoms with van der Waals surface area (Å²) in [6.07, 6.45) is 0.696. The number of sulfonamides is 1. The number of carbonyl (C=O) groups is 1. The van der Waals surface area contributed by atoms with E-state index in [0.717, 1.165) is 0 Å². The van der Waals surface area contributed by atoms with Crippen molar-refractivity contribution < 1.29 is 17.6 Å². The summed E-state index contributed by atoms with van der Waals surface area (Å²) >= 11 is 0. The summed E-state index contributed by atoms with van der Waals surface area (Å²) < 4.78 is 39.8. The fourth-order valence-corrected chi connectivity index (χ4v) is 3.60. The van der Waals surface area contributed by atoms with E-state index in [1.807, 2.05) is 6.92 Å². The predicted molar refractivity (Wildman–Crippen MR) is 98.1 cm³/mol. The Bertz CT molecular complexity index is 1040. The van der Waals surface area contributed by atoms with E-state index in [9.17, 15) is 17.6 Å². The van der Waals surface area contributed by atoms with Gasteiger partial charge < -0.3 is 10.3 Å². The second-order valence-corrected chi connectivity index (χ2v) is 7.56. The maximum Gasteiger partial charge on any atom is 0.272 e. The number of rotatable bonds is 6. The maximum atomic E-state index is 13.2. The van der Waals surface area contributed by atoms with Gasteiger partial charge in [-0.2, -0.15) is 0 Å². The summed E-state index contributed by atoms with van der Waals surface area (Å²) in [7, 11) is -3.55. The Morgan fingerprint density at radius 1 is 1.12 bits per heavy atom. The Morgan fingerprint density at radius 2 is 1.85 bits per heavy atom. The van der Waals surface area contributed by atoms with Crippen molar-refractivity contribution in [2.24, 2.45) is 0 Å². The normalized spacial score (nSPS) is 11.6. The molecule has 0 atom stereocenters. The molecule has 0 aliphatic heterocycles. The number of H-pyrrole nitrogens is 1. The second kappa shape index (κ2) is 7.27. The SMILES string of the molecule is CCCNS(=O)(=O)c1ccc(NC(=O)c2cc3cc(F)ccc3[nH]2)cc1. The van der Waals surface area contributed by atoms with Gasteiger partial charge in [0.25, 0.3) is 5.91 Å². The highest BCUT2D eigenvalue weighted by atomic mass is 32.2. The van der Waals surface area contributed by atoms with Crippen LogP contribution in [0, 0.1) is 5.82 Å². The number of amides is 1. The van der Waals surface area contributed by atoms with E-state index < -0.39 is 15.9 Å². The number of halogens is 1. The summed E-state index contributed by atoms with van der Waals surface area (Å²) in [5.74, 6) is -0.779. The number of hydrogen-bond donors (Lipinski definition) is 3. The molecule has 3 rings (SSSR count). The van der Waals surface area contributed by atoms with E-state index in [0.29, 0.717) is 29.6 Å². The Morgan fingerprint density at radius 3 is 2.54 bits per heavy atom. The van der Waals surface area contributed by atoms with Crippen LogP contribution in [0.3, 0.4) is 0 Å². The van der Waals surface area contributed by atoms with Gasteiger partial charge in [0.15, 0.2) is 0 Å². The molecule has 0 spiro atoms. The highest BCUT2D eigenvalue weighted by molar-refractivity contribution is 7.89. The number of aromatic amines is 1. The molecule has 1 aromatic heterocycles. The van der Waals surface area contributed by atoms with E-state index in [1.165, 1.54) is 36.4 Å². The molecule has 8 heteroatoms. The third kappa shape index (κ3) is 3.92. The summed E-state index contributed by atoms with van der Waals surface area (Å²) in [5.41, 5.74) is 1.39. The topological polar surface area (TPSA) is 91.1 Å². The van der Waals surface area contributed by atoms with Gasteiger partial charge in [0, 0.05) is 23.1 Å². The molecule has 3 N–H and O–H groups in total. The van der Waals surface area contributed by atoms with Gasteiger partial charge in [-0.1, -0.05) is 6.92 Å². The van der Waals surface area contributed by atoms with Crippen LogP contribution in [-0.2, 0) is 10.0 Å². The van der Waals surface area contributed by atoms with Crippen LogP contribution in [0.5, 0.6) is 0 Å². The minimum atomic E-state index is -3.55. The molecule has 0 fully saturated rings. The van der Waals surface area contributed by atoms with Crippen LogP contribution in [0.4, 0.5) is 10.1 Å². The van der Waals surface area contributed by atoms with Crippen molar-refractivity contribution >= 4 is 32.5 Å². The zero-order valence-corrected chi connectivity index (χ0v) is 14.9. The van der Waals surface area contributed by atoms with E-state index in [2.05, 4.69) is 15.0 Å². The first-order valence-electron chi connectivity index (χ1n) is 8.08. The lowest BCUT2D eigenvalue weighted by Crippen LogP contribution is -2.24. The van der Waals surface area contributed by atoms with Crippen molar-refractivity contribution in [1.82, 2.24) is 9.71 Å². The number of hydrogen-bond acceptors (Lipinski definition) is 3. The van der Waals surface area contributed by atoms with Crippen molar-refractivity contribution in [3.63, 3.8) is 0 Å². The molecular formula is C18H18FN3O3S. The maximum absolute atomic E-state index is 13.2. The number of aromatic nitrogens is 1. The Hall–Kier alpha value is -2.71. The van der Waals surface area contributed by atoms with Crippen molar-refractivity contribution in [3.05, 3.63) is 60.0 Å². The number of fused-ring (bicyclic) bond motifs is 1. The molecule has 0 aliphatic rings. The smallest absolute Gasteiger partial charge is 0.272 e. The quantitative estimate of drug-likeness (QED) is 0.618. The molecular weight excluding hydrogens is 357 g/mol. The van der Waals surface area contributed by atoms with Crippen LogP contribution in [0.15, 0.2) is 53.4 Å². The molecule has 2 aromatic carbocycles. The molecule has 1 heterocycles. The summed E-state index contributed by atoms with van der Waals surface area (Å²) in [6, 6.07) is 11.6. The van der Waals surface area contributed by atoms with Gasteiger partial charge in [0.2, 0.25) is 10.0 Å². The molecule has 1 amide bonds. The monoisotopic (exact) mass is 375 g/mol. The van der Waals surface area contributed by atoms with Crippen molar-refractivity contribution in [2.75, 3.05) is 11.9 Å². The van der Waals surface area contributed by atoms with Crippen molar-refractivity contribution in [1.29, 1.82) is 0 Å². The summed E-state index contributed by atoms with van der Waals surface area (Å²) in [5, 5.41) is 3.27. The molecule has 0 bridgehead atoms. The molecule has 3 aromatic rings. The zero-order valence-electron chi connectivity index (χ0n) is 14.0. The fourth-order valence-electron chi connectivity index (χ4n) is 2.46. The first-order valence-corrected chi connectivity index (χ1v) is 9.57. The molecule has 6 nitrogen and oxygen atoms in total. The van der Waals surface area contributed by atoms with Crippen LogP contribution >= 0.6 is 0 Å². The first kappa shape index (κ1) is 18.1. The largest absolute Gasteiger partial charge is 0.351 e. The molecule has 0 saturated carbocycles. The minimum absolute atomic E-state index is 0.130. The Labute approximate surface area is 150 Å². The predicted octanol–water partition coefficient (Wildman–Crippen LogP) is 3.25. The van der Waals surface area contributed by atoms with Gasteiger partial charge in [-0.15, -0.1) is 0 Å². The van der Waals surface area contributed by atoms with Gasteiger partial charge in [-0.25, -0.2) is 17.5 Å². The average molecular weight is 375 g/mol. The van der Waals surface area contributed by atoms with E-state index in [4.69, 9.17) is 0 Å². The number of carbonyl (C=O) groups excluding carboxylic acids is 1. The summed E-state index contributed by atoms with van der Waals surface area (Å²) in [6.45, 7) is 2.24. The van der Waals surface area contributed by atoms with Crippen LogP contribution in [0.2, 0.25) is 0 Å². The first-order chi connectivity index (χ1) is 12.4. The van der Waals surface area contributed by atoms with Crippen molar-refractivity contribution in [2.45, 2.75) is 18.2 Å². The summed E-state index contributed by atoms with van der Waals surface area (Å²) in [4.78, 5) is 15.4. The van der Waals surface area contributed by atoms with Gasteiger partial charge >= 0.3 is 0 Å². The van der Waals surface area contributed by atoms with Crippen LogP contribution in [0.1, 0.15) is 23.8 Å². The van der Waals surface area contributed by atoms with Gasteiger partial charge in [0.1, 0.15) is 11.5 Å². The van der Waals surface area contributed by atoms with Crippen LogP contribution in [0.25, 0.3) is 10.9 Å². The zero-order chi connectivity index (χ0) is 18.7. The molecule has 0 unspecified atom stereocenters. The lowest BCUT2D eigenvalue weighted by molar-refractivity contribution is 0.102. The van der Waals surface area contributed by atoms with Gasteiger partial charge in [0.05, 0.1) is 4.90 Å². The molecule has 136 valence electrons. The third-order valence-electron chi connectivity index (χ3n) is 3.79. The highest BCUT2D eigenvalue weighted by Crippen LogP contribution is 2.19. The lowest BCUT2D eigenvalue weighted by atomic mass is 10.2. The average Bonchev–Trinajstić information content (AvgIpc) is 3.04. The standard InChI is InChI=1S/C18H18FN3O3S/c1-2-9-20-26(24,25)15-6-4-14(5-7-15)21-18(23)17-11-12-10-13(19)3-8-16(12)22-17/h3-8,10-11,20,22H,2,9H2,1H3,(H,21,23). The van der Waals surface area contributed by atoms with E-state index >= 15 is 0 Å². The minimum Gasteiger partial charge on any atom is -0.351 e. The highest BCUT2D eigenvalue weighted by Gasteiger charge is 2.14. The Kier molecular flexibility index (Phi) is 5.06. The number of anilines is 1. The van der Waals surface area contributed by atoms with Crippen LogP contribution in [-0.4, -0.2) is 25.9 Å². The van der Waals surface area contributed by atoms with Gasteiger partial charge in [-0.3, -0.25) is 4.79 Å². The van der Waals surface area contributed by atoms with E-state index in [-0.39, 0.29) is 16.4 Å². The fraction of sp³-hybridized carbons (Fsp3) is 0.167. The van der Waals surface area contributed by atoms with Crippen LogP contribution < -0.4 is 10.0 Å². The second-order valence-electron chi connectivity index (χ2n) is 5.79. The third-order valence-corrected chi connectivity index (χ3v) is 5.27. The lowest BCUT2D eigenvalue weighted by Gasteiger charge is -2.07. The number of nitrogens with one attached hydrogen (secondary N) is 3. The molecule has 26 heavy (non-hydrogen) atoms. The van der Waals surface area contributed by atoms with Gasteiger partial charge in [-0.05, 0) is 55.0 Å². The number of benzene rings is 2. The molecule has 0 radical (unpaired) electrons. The molecule has 0 saturated heterocycles. The van der Waals surface area contributed by atoms with Crippen molar-refractivity contribution in [3.8, 4) is 0 Å².